The largest absolute Gasteiger partial charge is 0.619 e. The predicted molar refractivity (Wildman–Crippen MR) is 91.8 cm³/mol. The van der Waals surface area contributed by atoms with Crippen LogP contribution in [0.2, 0.25) is 0 Å². The molecule has 138 valence electrons. The van der Waals surface area contributed by atoms with Crippen molar-refractivity contribution in [1.29, 1.82) is 0 Å². The molecule has 8 heteroatoms. The fourth-order valence-corrected chi connectivity index (χ4v) is 1.97. The van der Waals surface area contributed by atoms with Crippen molar-refractivity contribution in [1.82, 2.24) is 5.32 Å². The van der Waals surface area contributed by atoms with Crippen molar-refractivity contribution < 1.29 is 28.5 Å². The quantitative estimate of drug-likeness (QED) is 0.311. The van der Waals surface area contributed by atoms with Crippen molar-refractivity contribution in [3.8, 4) is 11.5 Å². The average Bonchev–Trinajstić information content (AvgIpc) is 2.65. The van der Waals surface area contributed by atoms with Gasteiger partial charge in [-0.1, -0.05) is 0 Å². The van der Waals surface area contributed by atoms with Crippen LogP contribution in [0.25, 0.3) is 0 Å². The first-order chi connectivity index (χ1) is 12.6. The van der Waals surface area contributed by atoms with E-state index in [1.54, 1.807) is 24.3 Å². The standard InChI is InChI=1S/C18H20N2O6/c1-2-24-15-3-5-16(6-4-15)25-12-9-19-17(21)13-26-18(22)14-7-10-20(23)11-8-14/h3-8,10-11H,2,9,12-13H2,1H3,(H,19,21). The predicted octanol–water partition coefficient (Wildman–Crippen LogP) is 1.07. The SMILES string of the molecule is CCOc1ccc(OCCNC(=O)COC(=O)c2cc[n+]([O-])cc2)cc1. The zero-order valence-corrected chi connectivity index (χ0v) is 14.3. The van der Waals surface area contributed by atoms with Crippen LogP contribution in [0.15, 0.2) is 48.8 Å². The van der Waals surface area contributed by atoms with Gasteiger partial charge in [-0.05, 0) is 31.2 Å². The molecule has 2 rings (SSSR count). The number of benzene rings is 1. The molecule has 0 bridgehead atoms. The minimum Gasteiger partial charge on any atom is -0.619 e. The summed E-state index contributed by atoms with van der Waals surface area (Å²) in [7, 11) is 0. The van der Waals surface area contributed by atoms with Crippen LogP contribution >= 0.6 is 0 Å². The lowest BCUT2D eigenvalue weighted by molar-refractivity contribution is -0.605. The van der Waals surface area contributed by atoms with Crippen molar-refractivity contribution >= 4 is 11.9 Å². The molecule has 0 unspecified atom stereocenters. The number of nitrogens with zero attached hydrogens (tertiary/aromatic N) is 1. The Balaban J connectivity index is 1.62. The summed E-state index contributed by atoms with van der Waals surface area (Å²) >= 11 is 0. The lowest BCUT2D eigenvalue weighted by Crippen LogP contribution is -2.32. The summed E-state index contributed by atoms with van der Waals surface area (Å²) in [6, 6.07) is 9.79. The number of carbonyl (C=O) groups is 2. The lowest BCUT2D eigenvalue weighted by atomic mass is 10.3. The molecule has 0 aliphatic heterocycles. The first-order valence-corrected chi connectivity index (χ1v) is 8.07. The third-order valence-electron chi connectivity index (χ3n) is 3.20. The summed E-state index contributed by atoms with van der Waals surface area (Å²) in [5, 5.41) is 13.5. The molecule has 26 heavy (non-hydrogen) atoms. The van der Waals surface area contributed by atoms with Gasteiger partial charge >= 0.3 is 5.97 Å². The van der Waals surface area contributed by atoms with E-state index < -0.39 is 18.5 Å². The second-order valence-electron chi connectivity index (χ2n) is 5.13. The molecule has 1 heterocycles. The van der Waals surface area contributed by atoms with Crippen LogP contribution < -0.4 is 19.5 Å². The van der Waals surface area contributed by atoms with E-state index in [2.05, 4.69) is 5.32 Å². The van der Waals surface area contributed by atoms with Crippen LogP contribution in [-0.2, 0) is 9.53 Å². The molecule has 0 aliphatic carbocycles. The van der Waals surface area contributed by atoms with Gasteiger partial charge in [-0.25, -0.2) is 4.79 Å². The zero-order valence-electron chi connectivity index (χ0n) is 14.3. The summed E-state index contributed by atoms with van der Waals surface area (Å²) in [6.45, 7) is 2.64. The summed E-state index contributed by atoms with van der Waals surface area (Å²) in [5.74, 6) is 0.308. The van der Waals surface area contributed by atoms with Crippen LogP contribution in [-0.4, -0.2) is 38.2 Å². The van der Waals surface area contributed by atoms with Gasteiger partial charge in [-0.15, -0.1) is 0 Å². The van der Waals surface area contributed by atoms with Crippen LogP contribution in [0.4, 0.5) is 0 Å². The van der Waals surface area contributed by atoms with Gasteiger partial charge in [-0.2, -0.15) is 4.73 Å². The maximum absolute atomic E-state index is 11.7. The Labute approximate surface area is 150 Å². The number of carbonyl (C=O) groups excluding carboxylic acids is 2. The molecule has 0 atom stereocenters. The van der Waals surface area contributed by atoms with Gasteiger partial charge in [0, 0.05) is 12.1 Å². The minimum absolute atomic E-state index is 0.198. The molecule has 2 aromatic rings. The fourth-order valence-electron chi connectivity index (χ4n) is 1.97. The van der Waals surface area contributed by atoms with Crippen molar-refractivity contribution in [2.75, 3.05) is 26.4 Å². The van der Waals surface area contributed by atoms with E-state index in [0.717, 1.165) is 5.75 Å². The zero-order chi connectivity index (χ0) is 18.8. The molecule has 0 fully saturated rings. The Bertz CT molecular complexity index is 715. The van der Waals surface area contributed by atoms with Crippen LogP contribution in [0.5, 0.6) is 11.5 Å². The van der Waals surface area contributed by atoms with Gasteiger partial charge < -0.3 is 24.7 Å². The Morgan fingerprint density at radius 2 is 1.65 bits per heavy atom. The Hall–Kier alpha value is -3.29. The summed E-state index contributed by atoms with van der Waals surface area (Å²) in [4.78, 5) is 23.3. The van der Waals surface area contributed by atoms with Gasteiger partial charge in [0.2, 0.25) is 0 Å². The molecule has 1 aromatic carbocycles. The molecular formula is C18H20N2O6. The normalized spacial score (nSPS) is 10.0. The molecule has 0 aliphatic rings. The summed E-state index contributed by atoms with van der Waals surface area (Å²) in [6.07, 6.45) is 2.35. The van der Waals surface area contributed by atoms with E-state index in [4.69, 9.17) is 14.2 Å². The van der Waals surface area contributed by atoms with E-state index in [-0.39, 0.29) is 18.7 Å². The highest BCUT2D eigenvalue weighted by molar-refractivity contribution is 5.91. The van der Waals surface area contributed by atoms with Crippen molar-refractivity contribution in [2.45, 2.75) is 6.92 Å². The van der Waals surface area contributed by atoms with E-state index in [1.807, 2.05) is 6.92 Å². The van der Waals surface area contributed by atoms with Gasteiger partial charge in [0.05, 0.1) is 18.7 Å². The van der Waals surface area contributed by atoms with Crippen molar-refractivity contribution in [3.05, 3.63) is 59.6 Å². The third-order valence-corrected chi connectivity index (χ3v) is 3.20. The first-order valence-electron chi connectivity index (χ1n) is 8.07. The van der Waals surface area contributed by atoms with Crippen LogP contribution in [0, 0.1) is 5.21 Å². The lowest BCUT2D eigenvalue weighted by Gasteiger charge is -2.09. The number of rotatable bonds is 9. The molecule has 0 saturated heterocycles. The Morgan fingerprint density at radius 3 is 2.27 bits per heavy atom. The minimum atomic E-state index is -0.675. The third kappa shape index (κ3) is 6.31. The van der Waals surface area contributed by atoms with E-state index >= 15 is 0 Å². The maximum atomic E-state index is 11.7. The molecular weight excluding hydrogens is 340 g/mol. The number of nitrogens with one attached hydrogen (secondary N) is 1. The number of ether oxygens (including phenoxy) is 3. The summed E-state index contributed by atoms with van der Waals surface area (Å²) in [5.41, 5.74) is 0.198. The number of pyridine rings is 1. The van der Waals surface area contributed by atoms with Crippen LogP contribution in [0.1, 0.15) is 17.3 Å². The molecule has 1 aromatic heterocycles. The monoisotopic (exact) mass is 360 g/mol. The molecule has 0 spiro atoms. The maximum Gasteiger partial charge on any atom is 0.339 e. The van der Waals surface area contributed by atoms with E-state index in [9.17, 15) is 14.8 Å². The smallest absolute Gasteiger partial charge is 0.339 e. The second kappa shape index (κ2) is 9.87. The first kappa shape index (κ1) is 19.0. The van der Waals surface area contributed by atoms with Gasteiger partial charge in [0.25, 0.3) is 5.91 Å². The molecule has 1 amide bonds. The summed E-state index contributed by atoms with van der Waals surface area (Å²) < 4.78 is 16.2. The van der Waals surface area contributed by atoms with Crippen LogP contribution in [0.3, 0.4) is 0 Å². The number of amides is 1. The van der Waals surface area contributed by atoms with E-state index in [0.29, 0.717) is 17.1 Å². The van der Waals surface area contributed by atoms with Gasteiger partial charge in [0.1, 0.15) is 18.1 Å². The van der Waals surface area contributed by atoms with Crippen molar-refractivity contribution in [2.24, 2.45) is 0 Å². The number of hydrogen-bond donors (Lipinski definition) is 1. The average molecular weight is 360 g/mol. The fraction of sp³-hybridized carbons (Fsp3) is 0.278. The number of aromatic nitrogens is 1. The van der Waals surface area contributed by atoms with Crippen molar-refractivity contribution in [3.63, 3.8) is 0 Å². The van der Waals surface area contributed by atoms with E-state index in [1.165, 1.54) is 24.5 Å². The van der Waals surface area contributed by atoms with Gasteiger partial charge in [-0.3, -0.25) is 4.79 Å². The number of hydrogen-bond acceptors (Lipinski definition) is 6. The molecule has 8 nitrogen and oxygen atoms in total. The molecule has 0 saturated carbocycles. The Morgan fingerprint density at radius 1 is 1.04 bits per heavy atom. The second-order valence-corrected chi connectivity index (χ2v) is 5.13. The Kier molecular flexibility index (Phi) is 7.23. The highest BCUT2D eigenvalue weighted by Gasteiger charge is 2.10. The number of esters is 1. The highest BCUT2D eigenvalue weighted by atomic mass is 16.5. The highest BCUT2D eigenvalue weighted by Crippen LogP contribution is 2.17. The molecule has 1 N–H and O–H groups in total. The topological polar surface area (TPSA) is 101 Å². The molecule has 0 radical (unpaired) electrons. The van der Waals surface area contributed by atoms with Gasteiger partial charge in [0.15, 0.2) is 19.0 Å².